The molecule has 2 rings (SSSR count). The highest BCUT2D eigenvalue weighted by atomic mass is 79.9. The van der Waals surface area contributed by atoms with Gasteiger partial charge in [-0.05, 0) is 30.3 Å². The summed E-state index contributed by atoms with van der Waals surface area (Å²) in [5, 5.41) is 12.1. The second kappa shape index (κ2) is 5.14. The summed E-state index contributed by atoms with van der Waals surface area (Å²) in [5.74, 6) is -1.26. The van der Waals surface area contributed by atoms with Gasteiger partial charge in [-0.3, -0.25) is 4.79 Å². The fourth-order valence-electron chi connectivity index (χ4n) is 1.34. The average molecular weight is 311 g/mol. The quantitative estimate of drug-likeness (QED) is 0.838. The van der Waals surface area contributed by atoms with Crippen molar-refractivity contribution in [2.24, 2.45) is 0 Å². The van der Waals surface area contributed by atoms with E-state index in [0.717, 1.165) is 6.07 Å². The van der Waals surface area contributed by atoms with E-state index in [1.54, 1.807) is 6.07 Å². The van der Waals surface area contributed by atoms with E-state index >= 15 is 0 Å². The molecule has 18 heavy (non-hydrogen) atoms. The molecule has 6 heteroatoms. The first-order chi connectivity index (χ1) is 8.56. The van der Waals surface area contributed by atoms with Crippen LogP contribution >= 0.6 is 15.9 Å². The number of carbonyl (C=O) groups excluding carboxylic acids is 1. The molecule has 1 aromatic heterocycles. The lowest BCUT2D eigenvalue weighted by molar-refractivity contribution is 0.102. The van der Waals surface area contributed by atoms with E-state index in [1.807, 2.05) is 0 Å². The minimum absolute atomic E-state index is 0.127. The molecule has 0 aliphatic rings. The third kappa shape index (κ3) is 2.84. The standard InChI is InChI=1S/C12H8BrFN2O2/c13-7-1-3-9(10(17)5-7)12(18)16-8-2-4-11(14)15-6-8/h1-6,17H,(H,16,18). The van der Waals surface area contributed by atoms with Crippen LogP contribution in [0.25, 0.3) is 0 Å². The van der Waals surface area contributed by atoms with Gasteiger partial charge in [0.05, 0.1) is 17.4 Å². The first-order valence-corrected chi connectivity index (χ1v) is 5.77. The summed E-state index contributed by atoms with van der Waals surface area (Å²) >= 11 is 3.18. The highest BCUT2D eigenvalue weighted by Gasteiger charge is 2.11. The molecule has 0 unspecified atom stereocenters. The van der Waals surface area contributed by atoms with Crippen LogP contribution in [0.1, 0.15) is 10.4 Å². The van der Waals surface area contributed by atoms with Crippen LogP contribution in [0.15, 0.2) is 41.0 Å². The number of anilines is 1. The van der Waals surface area contributed by atoms with Gasteiger partial charge < -0.3 is 10.4 Å². The van der Waals surface area contributed by atoms with Crippen molar-refractivity contribution < 1.29 is 14.3 Å². The Labute approximate surface area is 111 Å². The molecule has 0 atom stereocenters. The van der Waals surface area contributed by atoms with Crippen LogP contribution in [0.5, 0.6) is 5.75 Å². The molecule has 0 aliphatic heterocycles. The number of pyridine rings is 1. The van der Waals surface area contributed by atoms with E-state index in [9.17, 15) is 14.3 Å². The maximum atomic E-state index is 12.6. The Morgan fingerprint density at radius 3 is 2.72 bits per heavy atom. The Kier molecular flexibility index (Phi) is 3.57. The number of rotatable bonds is 2. The van der Waals surface area contributed by atoms with Gasteiger partial charge in [0.2, 0.25) is 5.95 Å². The largest absolute Gasteiger partial charge is 0.507 e. The minimum Gasteiger partial charge on any atom is -0.507 e. The molecule has 4 nitrogen and oxygen atoms in total. The molecule has 0 spiro atoms. The topological polar surface area (TPSA) is 62.2 Å². The third-order valence-corrected chi connectivity index (χ3v) is 2.68. The summed E-state index contributed by atoms with van der Waals surface area (Å²) in [6.07, 6.45) is 1.20. The van der Waals surface area contributed by atoms with Crippen LogP contribution < -0.4 is 5.32 Å². The van der Waals surface area contributed by atoms with E-state index in [-0.39, 0.29) is 11.3 Å². The number of hydrogen-bond acceptors (Lipinski definition) is 3. The van der Waals surface area contributed by atoms with Crippen LogP contribution in [0.4, 0.5) is 10.1 Å². The number of phenolic OH excluding ortho intramolecular Hbond substituents is 1. The van der Waals surface area contributed by atoms with E-state index in [1.165, 1.54) is 24.4 Å². The summed E-state index contributed by atoms with van der Waals surface area (Å²) in [4.78, 5) is 15.2. The number of phenols is 1. The number of hydrogen-bond donors (Lipinski definition) is 2. The zero-order chi connectivity index (χ0) is 13.1. The fourth-order valence-corrected chi connectivity index (χ4v) is 1.69. The molecule has 0 saturated carbocycles. The van der Waals surface area contributed by atoms with Crippen molar-refractivity contribution >= 4 is 27.5 Å². The number of nitrogens with zero attached hydrogens (tertiary/aromatic N) is 1. The molecule has 0 fully saturated rings. The van der Waals surface area contributed by atoms with E-state index in [2.05, 4.69) is 26.2 Å². The van der Waals surface area contributed by atoms with E-state index < -0.39 is 11.9 Å². The van der Waals surface area contributed by atoms with Crippen LogP contribution in [0, 0.1) is 5.95 Å². The van der Waals surface area contributed by atoms with Crippen LogP contribution in [0.2, 0.25) is 0 Å². The fraction of sp³-hybridized carbons (Fsp3) is 0. The van der Waals surface area contributed by atoms with Crippen molar-refractivity contribution in [1.29, 1.82) is 0 Å². The molecule has 1 aromatic carbocycles. The molecular formula is C12H8BrFN2O2. The Balaban J connectivity index is 2.19. The second-order valence-corrected chi connectivity index (χ2v) is 4.40. The van der Waals surface area contributed by atoms with E-state index in [4.69, 9.17) is 0 Å². The van der Waals surface area contributed by atoms with Crippen LogP contribution in [-0.4, -0.2) is 16.0 Å². The highest BCUT2D eigenvalue weighted by Crippen LogP contribution is 2.23. The molecule has 1 heterocycles. The first-order valence-electron chi connectivity index (χ1n) is 4.97. The van der Waals surface area contributed by atoms with E-state index in [0.29, 0.717) is 10.2 Å². The Hall–Kier alpha value is -1.95. The van der Waals surface area contributed by atoms with Crippen LogP contribution in [-0.2, 0) is 0 Å². The maximum Gasteiger partial charge on any atom is 0.259 e. The number of nitrogens with one attached hydrogen (secondary N) is 1. The average Bonchev–Trinajstić information content (AvgIpc) is 2.32. The van der Waals surface area contributed by atoms with Crippen molar-refractivity contribution in [3.63, 3.8) is 0 Å². The zero-order valence-electron chi connectivity index (χ0n) is 9.02. The third-order valence-electron chi connectivity index (χ3n) is 2.19. The van der Waals surface area contributed by atoms with Gasteiger partial charge in [-0.2, -0.15) is 4.39 Å². The van der Waals surface area contributed by atoms with Gasteiger partial charge in [-0.15, -0.1) is 0 Å². The number of amides is 1. The molecule has 1 amide bonds. The predicted octanol–water partition coefficient (Wildman–Crippen LogP) is 2.94. The van der Waals surface area contributed by atoms with Crippen molar-refractivity contribution in [3.05, 3.63) is 52.5 Å². The van der Waals surface area contributed by atoms with Gasteiger partial charge in [-0.1, -0.05) is 15.9 Å². The van der Waals surface area contributed by atoms with Crippen molar-refractivity contribution in [1.82, 2.24) is 4.98 Å². The monoisotopic (exact) mass is 310 g/mol. The van der Waals surface area contributed by atoms with Crippen molar-refractivity contribution in [3.8, 4) is 5.75 Å². The van der Waals surface area contributed by atoms with Gasteiger partial charge in [-0.25, -0.2) is 4.98 Å². The minimum atomic E-state index is -0.625. The molecule has 0 bridgehead atoms. The summed E-state index contributed by atoms with van der Waals surface area (Å²) in [7, 11) is 0. The van der Waals surface area contributed by atoms with Crippen LogP contribution in [0.3, 0.4) is 0 Å². The highest BCUT2D eigenvalue weighted by molar-refractivity contribution is 9.10. The summed E-state index contributed by atoms with van der Waals surface area (Å²) < 4.78 is 13.3. The lowest BCUT2D eigenvalue weighted by atomic mass is 10.2. The maximum absolute atomic E-state index is 12.6. The Morgan fingerprint density at radius 2 is 2.11 bits per heavy atom. The Morgan fingerprint density at radius 1 is 1.33 bits per heavy atom. The Bertz CT molecular complexity index is 587. The van der Waals surface area contributed by atoms with Crippen molar-refractivity contribution in [2.75, 3.05) is 5.32 Å². The smallest absolute Gasteiger partial charge is 0.259 e. The number of halogens is 2. The molecule has 0 radical (unpaired) electrons. The summed E-state index contributed by atoms with van der Waals surface area (Å²) in [6, 6.07) is 7.05. The summed E-state index contributed by atoms with van der Waals surface area (Å²) in [6.45, 7) is 0. The molecule has 0 saturated heterocycles. The van der Waals surface area contributed by atoms with Crippen molar-refractivity contribution in [2.45, 2.75) is 0 Å². The molecule has 2 N–H and O–H groups in total. The number of benzene rings is 1. The SMILES string of the molecule is O=C(Nc1ccc(F)nc1)c1ccc(Br)cc1O. The molecule has 0 aliphatic carbocycles. The van der Waals surface area contributed by atoms with Gasteiger partial charge in [0, 0.05) is 4.47 Å². The first kappa shape index (κ1) is 12.5. The second-order valence-electron chi connectivity index (χ2n) is 3.49. The molecular weight excluding hydrogens is 303 g/mol. The van der Waals surface area contributed by atoms with Gasteiger partial charge in [0.15, 0.2) is 0 Å². The van der Waals surface area contributed by atoms with Gasteiger partial charge in [0.1, 0.15) is 5.75 Å². The number of carbonyl (C=O) groups is 1. The zero-order valence-corrected chi connectivity index (χ0v) is 10.6. The molecule has 92 valence electrons. The molecule has 2 aromatic rings. The number of aromatic nitrogens is 1. The van der Waals surface area contributed by atoms with Gasteiger partial charge >= 0.3 is 0 Å². The lowest BCUT2D eigenvalue weighted by Gasteiger charge is -2.06. The normalized spacial score (nSPS) is 10.1. The summed E-state index contributed by atoms with van der Waals surface area (Å²) in [5.41, 5.74) is 0.478. The lowest BCUT2D eigenvalue weighted by Crippen LogP contribution is -2.12. The predicted molar refractivity (Wildman–Crippen MR) is 68.0 cm³/mol. The number of aromatic hydroxyl groups is 1. The van der Waals surface area contributed by atoms with Gasteiger partial charge in [0.25, 0.3) is 5.91 Å².